The molecule has 1 aromatic carbocycles. The quantitative estimate of drug-likeness (QED) is 0.742. The lowest BCUT2D eigenvalue weighted by Gasteiger charge is -2.55. The molecule has 4 bridgehead atoms. The Balaban J connectivity index is 1.32. The second-order valence-corrected chi connectivity index (χ2v) is 9.50. The van der Waals surface area contributed by atoms with Crippen LogP contribution in [0.25, 0.3) is 0 Å². The summed E-state index contributed by atoms with van der Waals surface area (Å²) in [6.07, 6.45) is 7.51. The smallest absolute Gasteiger partial charge is 0.226 e. The molecule has 0 spiro atoms. The molecule has 26 heavy (non-hydrogen) atoms. The zero-order valence-corrected chi connectivity index (χ0v) is 16.5. The van der Waals surface area contributed by atoms with Gasteiger partial charge in [-0.05, 0) is 86.3 Å². The van der Waals surface area contributed by atoms with E-state index in [9.17, 15) is 4.79 Å². The van der Waals surface area contributed by atoms with Crippen molar-refractivity contribution < 1.29 is 9.53 Å². The van der Waals surface area contributed by atoms with Crippen molar-refractivity contribution in [3.63, 3.8) is 0 Å². The molecule has 1 aromatic rings. The maximum absolute atomic E-state index is 13.0. The van der Waals surface area contributed by atoms with E-state index in [-0.39, 0.29) is 5.41 Å². The number of hydrogen-bond donors (Lipinski definition) is 1. The first-order chi connectivity index (χ1) is 12.4. The van der Waals surface area contributed by atoms with Crippen molar-refractivity contribution in [3.8, 4) is 5.75 Å². The highest BCUT2D eigenvalue weighted by molar-refractivity contribution is 5.83. The molecular weight excluding hydrogens is 322 g/mol. The van der Waals surface area contributed by atoms with E-state index in [2.05, 4.69) is 44.3 Å². The van der Waals surface area contributed by atoms with Gasteiger partial charge in [-0.2, -0.15) is 0 Å². The first-order valence-corrected chi connectivity index (χ1v) is 10.5. The topological polar surface area (TPSA) is 38.3 Å². The van der Waals surface area contributed by atoms with Gasteiger partial charge >= 0.3 is 0 Å². The van der Waals surface area contributed by atoms with Gasteiger partial charge in [0, 0.05) is 5.41 Å². The van der Waals surface area contributed by atoms with Crippen molar-refractivity contribution in [2.24, 2.45) is 23.2 Å². The Morgan fingerprint density at radius 1 is 1.15 bits per heavy atom. The third-order valence-electron chi connectivity index (χ3n) is 6.96. The molecule has 0 saturated heterocycles. The van der Waals surface area contributed by atoms with Crippen LogP contribution in [0.3, 0.4) is 0 Å². The number of hydrogen-bond acceptors (Lipinski definition) is 2. The molecule has 0 heterocycles. The van der Waals surface area contributed by atoms with Gasteiger partial charge in [0.05, 0.1) is 6.54 Å². The molecule has 0 unspecified atom stereocenters. The summed E-state index contributed by atoms with van der Waals surface area (Å²) in [5, 5.41) is 3.21. The van der Waals surface area contributed by atoms with Crippen LogP contribution in [-0.4, -0.2) is 19.1 Å². The number of aryl methyl sites for hydroxylation is 1. The average molecular weight is 356 g/mol. The van der Waals surface area contributed by atoms with E-state index in [1.165, 1.54) is 30.4 Å². The number of rotatable bonds is 6. The van der Waals surface area contributed by atoms with Gasteiger partial charge in [-0.1, -0.05) is 26.0 Å². The van der Waals surface area contributed by atoms with Crippen LogP contribution in [0.4, 0.5) is 0 Å². The van der Waals surface area contributed by atoms with Crippen LogP contribution in [0.1, 0.15) is 69.4 Å². The molecule has 0 atom stereocenters. The molecule has 0 aliphatic heterocycles. The first-order valence-electron chi connectivity index (χ1n) is 10.5. The Hall–Kier alpha value is -1.51. The Bertz CT molecular complexity index is 644. The van der Waals surface area contributed by atoms with Crippen LogP contribution >= 0.6 is 0 Å². The normalized spacial score (nSPS) is 32.1. The molecule has 5 rings (SSSR count). The minimum atomic E-state index is -0.0544. The minimum Gasteiger partial charge on any atom is -0.491 e. The van der Waals surface area contributed by atoms with E-state index in [1.807, 2.05) is 0 Å². The summed E-state index contributed by atoms with van der Waals surface area (Å²) in [6, 6.07) is 6.40. The van der Waals surface area contributed by atoms with Crippen LogP contribution in [-0.2, 0) is 4.79 Å². The molecule has 1 N–H and O–H groups in total. The second-order valence-electron chi connectivity index (χ2n) is 9.50. The summed E-state index contributed by atoms with van der Waals surface area (Å²) in [5.41, 5.74) is 2.39. The monoisotopic (exact) mass is 355 g/mol. The molecule has 1 amide bonds. The number of ether oxygens (including phenoxy) is 1. The summed E-state index contributed by atoms with van der Waals surface area (Å²) in [4.78, 5) is 13.0. The zero-order valence-electron chi connectivity index (χ0n) is 16.5. The Kier molecular flexibility index (Phi) is 4.75. The van der Waals surface area contributed by atoms with E-state index >= 15 is 0 Å². The summed E-state index contributed by atoms with van der Waals surface area (Å²) in [6.45, 7) is 7.61. The zero-order chi connectivity index (χ0) is 18.3. The maximum Gasteiger partial charge on any atom is 0.226 e. The van der Waals surface area contributed by atoms with Crippen molar-refractivity contribution in [2.75, 3.05) is 13.2 Å². The van der Waals surface area contributed by atoms with Crippen molar-refractivity contribution >= 4 is 5.91 Å². The SMILES string of the molecule is Cc1ccc(C(C)C)c(OCCNC(=O)C23CC4CC(CC(C4)C2)C3)c1. The van der Waals surface area contributed by atoms with Gasteiger partial charge in [0.1, 0.15) is 12.4 Å². The van der Waals surface area contributed by atoms with Crippen molar-refractivity contribution in [1.82, 2.24) is 5.32 Å². The number of carbonyl (C=O) groups excluding carboxylic acids is 1. The molecular formula is C23H33NO2. The fourth-order valence-electron chi connectivity index (χ4n) is 6.15. The fraction of sp³-hybridized carbons (Fsp3) is 0.696. The molecule has 4 saturated carbocycles. The average Bonchev–Trinajstić information content (AvgIpc) is 2.57. The highest BCUT2D eigenvalue weighted by Gasteiger charge is 2.54. The van der Waals surface area contributed by atoms with Gasteiger partial charge in [-0.25, -0.2) is 0 Å². The molecule has 3 heteroatoms. The Morgan fingerprint density at radius 2 is 1.77 bits per heavy atom. The van der Waals surface area contributed by atoms with Crippen LogP contribution in [0.5, 0.6) is 5.75 Å². The Morgan fingerprint density at radius 3 is 2.35 bits per heavy atom. The van der Waals surface area contributed by atoms with E-state index in [0.717, 1.165) is 42.8 Å². The standard InChI is InChI=1S/C23H33NO2/c1-15(2)20-5-4-16(3)8-21(20)26-7-6-24-22(25)23-12-17-9-18(13-23)11-19(10-17)14-23/h4-5,8,15,17-19H,6-7,9-14H2,1-3H3,(H,24,25). The summed E-state index contributed by atoms with van der Waals surface area (Å²) in [7, 11) is 0. The molecule has 4 fully saturated rings. The number of carbonyl (C=O) groups is 1. The lowest BCUT2D eigenvalue weighted by molar-refractivity contribution is -0.146. The largest absolute Gasteiger partial charge is 0.491 e. The third kappa shape index (κ3) is 3.37. The van der Waals surface area contributed by atoms with Crippen LogP contribution in [0.15, 0.2) is 18.2 Å². The molecule has 4 aliphatic carbocycles. The van der Waals surface area contributed by atoms with E-state index in [0.29, 0.717) is 25.0 Å². The van der Waals surface area contributed by atoms with Gasteiger partial charge < -0.3 is 10.1 Å². The molecule has 3 nitrogen and oxygen atoms in total. The van der Waals surface area contributed by atoms with Gasteiger partial charge in [0.15, 0.2) is 0 Å². The Labute approximate surface area is 157 Å². The predicted molar refractivity (Wildman–Crippen MR) is 104 cm³/mol. The minimum absolute atomic E-state index is 0.0544. The van der Waals surface area contributed by atoms with E-state index in [1.54, 1.807) is 0 Å². The summed E-state index contributed by atoms with van der Waals surface area (Å²) >= 11 is 0. The maximum atomic E-state index is 13.0. The van der Waals surface area contributed by atoms with Gasteiger partial charge in [-0.15, -0.1) is 0 Å². The van der Waals surface area contributed by atoms with Crippen molar-refractivity contribution in [2.45, 2.75) is 65.2 Å². The molecule has 4 aliphatic rings. The van der Waals surface area contributed by atoms with Gasteiger partial charge in [0.2, 0.25) is 5.91 Å². The van der Waals surface area contributed by atoms with Crippen molar-refractivity contribution in [3.05, 3.63) is 29.3 Å². The van der Waals surface area contributed by atoms with Crippen LogP contribution in [0.2, 0.25) is 0 Å². The van der Waals surface area contributed by atoms with Gasteiger partial charge in [0.25, 0.3) is 0 Å². The van der Waals surface area contributed by atoms with Crippen LogP contribution < -0.4 is 10.1 Å². The first kappa shape index (κ1) is 17.9. The second kappa shape index (κ2) is 6.90. The fourth-order valence-corrected chi connectivity index (χ4v) is 6.15. The predicted octanol–water partition coefficient (Wildman–Crippen LogP) is 4.83. The van der Waals surface area contributed by atoms with Crippen molar-refractivity contribution in [1.29, 1.82) is 0 Å². The summed E-state index contributed by atoms with van der Waals surface area (Å²) < 4.78 is 6.03. The molecule has 142 valence electrons. The number of benzene rings is 1. The highest BCUT2D eigenvalue weighted by atomic mass is 16.5. The van der Waals surface area contributed by atoms with Gasteiger partial charge in [-0.3, -0.25) is 4.79 Å². The van der Waals surface area contributed by atoms with E-state index < -0.39 is 0 Å². The molecule has 0 radical (unpaired) electrons. The molecule has 0 aromatic heterocycles. The van der Waals surface area contributed by atoms with Crippen LogP contribution in [0, 0.1) is 30.1 Å². The van der Waals surface area contributed by atoms with E-state index in [4.69, 9.17) is 4.74 Å². The number of amides is 1. The lowest BCUT2D eigenvalue weighted by Crippen LogP contribution is -2.54. The lowest BCUT2D eigenvalue weighted by atomic mass is 9.49. The highest BCUT2D eigenvalue weighted by Crippen LogP contribution is 2.60. The third-order valence-corrected chi connectivity index (χ3v) is 6.96. The summed E-state index contributed by atoms with van der Waals surface area (Å²) in [5.74, 6) is 4.13. The number of nitrogens with one attached hydrogen (secondary N) is 1.